The maximum Gasteiger partial charge on any atom is 0.293 e. The van der Waals surface area contributed by atoms with Crippen LogP contribution in [0.4, 0.5) is 10.5 Å². The van der Waals surface area contributed by atoms with Gasteiger partial charge in [0.1, 0.15) is 12.4 Å². The Hall–Kier alpha value is -3.22. The molecule has 0 bridgehead atoms. The molecule has 8 nitrogen and oxygen atoms in total. The summed E-state index contributed by atoms with van der Waals surface area (Å²) in [4.78, 5) is 39.1. The first-order chi connectivity index (χ1) is 18.3. The lowest BCUT2D eigenvalue weighted by Crippen LogP contribution is -2.32. The van der Waals surface area contributed by atoms with Crippen LogP contribution in [0.25, 0.3) is 6.08 Å². The molecule has 0 aromatic heterocycles. The highest BCUT2D eigenvalue weighted by atomic mass is 127. The number of anilines is 1. The van der Waals surface area contributed by atoms with Crippen LogP contribution >= 0.6 is 46.0 Å². The van der Waals surface area contributed by atoms with Gasteiger partial charge < -0.3 is 19.5 Å². The SMILES string of the molecule is COc1cc(/C=C2\SC(=O)N(CCOc3ccc(Cl)cc3)C2=O)cc(I)c1OCC(=O)Nc1ccccc1. The topological polar surface area (TPSA) is 94.2 Å². The van der Waals surface area contributed by atoms with Crippen LogP contribution in [-0.4, -0.2) is 48.8 Å². The quantitative estimate of drug-likeness (QED) is 0.207. The van der Waals surface area contributed by atoms with Gasteiger partial charge in [-0.15, -0.1) is 0 Å². The minimum absolute atomic E-state index is 0.114. The highest BCUT2D eigenvalue weighted by molar-refractivity contribution is 14.1. The molecule has 0 atom stereocenters. The van der Waals surface area contributed by atoms with Crippen molar-refractivity contribution in [3.05, 3.63) is 85.8 Å². The van der Waals surface area contributed by atoms with Crippen molar-refractivity contribution in [2.75, 3.05) is 32.2 Å². The molecule has 0 radical (unpaired) electrons. The average molecular weight is 665 g/mol. The Morgan fingerprint density at radius 3 is 2.53 bits per heavy atom. The van der Waals surface area contributed by atoms with Gasteiger partial charge in [0.2, 0.25) is 0 Å². The lowest BCUT2D eigenvalue weighted by atomic mass is 10.2. The van der Waals surface area contributed by atoms with Gasteiger partial charge in [-0.3, -0.25) is 19.3 Å². The second kappa shape index (κ2) is 13.0. The molecule has 1 saturated heterocycles. The number of imide groups is 1. The Morgan fingerprint density at radius 2 is 1.82 bits per heavy atom. The van der Waals surface area contributed by atoms with Gasteiger partial charge in [0.25, 0.3) is 17.1 Å². The van der Waals surface area contributed by atoms with Gasteiger partial charge in [0.05, 0.1) is 22.1 Å². The number of ether oxygens (including phenoxy) is 3. The molecule has 11 heteroatoms. The molecule has 0 spiro atoms. The molecule has 38 heavy (non-hydrogen) atoms. The van der Waals surface area contributed by atoms with Crippen molar-refractivity contribution in [1.29, 1.82) is 0 Å². The van der Waals surface area contributed by atoms with Crippen molar-refractivity contribution in [2.24, 2.45) is 0 Å². The van der Waals surface area contributed by atoms with Crippen LogP contribution < -0.4 is 19.5 Å². The van der Waals surface area contributed by atoms with E-state index in [1.807, 2.05) is 18.2 Å². The van der Waals surface area contributed by atoms with Gasteiger partial charge >= 0.3 is 0 Å². The smallest absolute Gasteiger partial charge is 0.293 e. The lowest BCUT2D eigenvalue weighted by molar-refractivity contribution is -0.123. The molecule has 1 N–H and O–H groups in total. The highest BCUT2D eigenvalue weighted by Crippen LogP contribution is 2.37. The molecular formula is C27H22ClIN2O6S. The summed E-state index contributed by atoms with van der Waals surface area (Å²) in [7, 11) is 1.49. The molecule has 1 fully saturated rings. The zero-order valence-corrected chi connectivity index (χ0v) is 23.8. The van der Waals surface area contributed by atoms with Crippen LogP contribution in [0.2, 0.25) is 5.02 Å². The summed E-state index contributed by atoms with van der Waals surface area (Å²) in [5.74, 6) is 0.684. The molecule has 196 valence electrons. The number of amides is 3. The molecule has 3 aromatic carbocycles. The van der Waals surface area contributed by atoms with Crippen LogP contribution in [0.15, 0.2) is 71.6 Å². The van der Waals surface area contributed by atoms with E-state index in [9.17, 15) is 14.4 Å². The number of hydrogen-bond donors (Lipinski definition) is 1. The van der Waals surface area contributed by atoms with Crippen molar-refractivity contribution in [2.45, 2.75) is 0 Å². The first-order valence-electron chi connectivity index (χ1n) is 11.3. The monoisotopic (exact) mass is 664 g/mol. The third-order valence-corrected chi connectivity index (χ3v) is 7.19. The fraction of sp³-hybridized carbons (Fsp3) is 0.148. The summed E-state index contributed by atoms with van der Waals surface area (Å²) in [6.07, 6.45) is 1.63. The van der Waals surface area contributed by atoms with E-state index in [2.05, 4.69) is 27.9 Å². The van der Waals surface area contributed by atoms with Crippen LogP contribution in [0, 0.1) is 3.57 Å². The predicted octanol–water partition coefficient (Wildman–Crippen LogP) is 6.09. The molecule has 3 amide bonds. The number of nitrogens with zero attached hydrogens (tertiary/aromatic N) is 1. The first-order valence-corrected chi connectivity index (χ1v) is 13.6. The zero-order valence-electron chi connectivity index (χ0n) is 20.1. The number of para-hydroxylation sites is 1. The molecule has 0 aliphatic carbocycles. The third-order valence-electron chi connectivity index (χ3n) is 5.23. The number of methoxy groups -OCH3 is 1. The zero-order chi connectivity index (χ0) is 27.1. The van der Waals surface area contributed by atoms with E-state index in [1.54, 1.807) is 54.6 Å². The number of halogens is 2. The molecule has 4 rings (SSSR count). The van der Waals surface area contributed by atoms with Crippen LogP contribution in [0.1, 0.15) is 5.56 Å². The fourth-order valence-corrected chi connectivity index (χ4v) is 5.22. The number of hydrogen-bond acceptors (Lipinski definition) is 7. The Balaban J connectivity index is 1.39. The Kier molecular flexibility index (Phi) is 9.53. The average Bonchev–Trinajstić information content (AvgIpc) is 3.16. The largest absolute Gasteiger partial charge is 0.493 e. The van der Waals surface area contributed by atoms with E-state index >= 15 is 0 Å². The third kappa shape index (κ3) is 7.21. The maximum atomic E-state index is 12.9. The van der Waals surface area contributed by atoms with Crippen LogP contribution in [-0.2, 0) is 9.59 Å². The molecule has 0 saturated carbocycles. The Labute approximate surface area is 242 Å². The van der Waals surface area contributed by atoms with E-state index in [4.69, 9.17) is 25.8 Å². The van der Waals surface area contributed by atoms with Crippen molar-refractivity contribution in [3.8, 4) is 17.2 Å². The number of carbonyl (C=O) groups excluding carboxylic acids is 3. The van der Waals surface area contributed by atoms with Gasteiger partial charge in [0.15, 0.2) is 18.1 Å². The molecular weight excluding hydrogens is 643 g/mol. The summed E-state index contributed by atoms with van der Waals surface area (Å²) in [5.41, 5.74) is 1.32. The van der Waals surface area contributed by atoms with E-state index in [-0.39, 0.29) is 35.8 Å². The van der Waals surface area contributed by atoms with Crippen molar-refractivity contribution < 1.29 is 28.6 Å². The standard InChI is InChI=1S/C27H22ClIN2O6S/c1-35-22-14-17(13-21(29)25(22)37-16-24(32)30-19-5-3-2-4-6-19)15-23-26(33)31(27(34)38-23)11-12-36-20-9-7-18(28)8-10-20/h2-10,13-15H,11-12,16H2,1H3,(H,30,32)/b23-15-. The summed E-state index contributed by atoms with van der Waals surface area (Å²) < 4.78 is 17.5. The van der Waals surface area contributed by atoms with E-state index in [1.165, 1.54) is 7.11 Å². The second-order valence-corrected chi connectivity index (χ2v) is 10.5. The Bertz CT molecular complexity index is 1370. The van der Waals surface area contributed by atoms with Gasteiger partial charge in [-0.1, -0.05) is 29.8 Å². The number of benzene rings is 3. The van der Waals surface area contributed by atoms with Crippen LogP contribution in [0.5, 0.6) is 17.2 Å². The van der Waals surface area contributed by atoms with Crippen molar-refractivity contribution >= 4 is 74.8 Å². The van der Waals surface area contributed by atoms with E-state index in [0.717, 1.165) is 16.7 Å². The second-order valence-electron chi connectivity index (χ2n) is 7.87. The number of rotatable bonds is 10. The lowest BCUT2D eigenvalue weighted by Gasteiger charge is -2.14. The molecule has 1 aliphatic heterocycles. The summed E-state index contributed by atoms with van der Waals surface area (Å²) >= 11 is 8.80. The summed E-state index contributed by atoms with van der Waals surface area (Å²) in [5, 5.41) is 2.98. The van der Waals surface area contributed by atoms with Crippen molar-refractivity contribution in [3.63, 3.8) is 0 Å². The van der Waals surface area contributed by atoms with Gasteiger partial charge in [-0.25, -0.2) is 0 Å². The molecule has 3 aromatic rings. The fourth-order valence-electron chi connectivity index (χ4n) is 3.45. The molecule has 1 aliphatic rings. The normalized spacial score (nSPS) is 14.1. The summed E-state index contributed by atoms with van der Waals surface area (Å²) in [6, 6.07) is 19.4. The number of thioether (sulfide) groups is 1. The van der Waals surface area contributed by atoms with Gasteiger partial charge in [-0.05, 0) is 94.5 Å². The van der Waals surface area contributed by atoms with E-state index < -0.39 is 5.91 Å². The van der Waals surface area contributed by atoms with Gasteiger partial charge in [0, 0.05) is 10.7 Å². The Morgan fingerprint density at radius 1 is 1.08 bits per heavy atom. The molecule has 1 heterocycles. The first kappa shape index (κ1) is 27.8. The number of nitrogens with one attached hydrogen (secondary N) is 1. The van der Waals surface area contributed by atoms with Crippen LogP contribution in [0.3, 0.4) is 0 Å². The summed E-state index contributed by atoms with van der Waals surface area (Å²) in [6.45, 7) is 0.0590. The van der Waals surface area contributed by atoms with E-state index in [0.29, 0.717) is 37.1 Å². The minimum Gasteiger partial charge on any atom is -0.493 e. The minimum atomic E-state index is -0.397. The predicted molar refractivity (Wildman–Crippen MR) is 156 cm³/mol. The van der Waals surface area contributed by atoms with Gasteiger partial charge in [-0.2, -0.15) is 0 Å². The number of carbonyl (C=O) groups is 3. The highest BCUT2D eigenvalue weighted by Gasteiger charge is 2.35. The maximum absolute atomic E-state index is 12.9. The molecule has 0 unspecified atom stereocenters. The van der Waals surface area contributed by atoms with Crippen molar-refractivity contribution in [1.82, 2.24) is 4.90 Å².